The van der Waals surface area contributed by atoms with E-state index in [0.29, 0.717) is 32.3 Å². The molecular weight excluding hydrogens is 409 g/mol. The maximum atomic E-state index is 12.2. The number of aliphatic imine (C=N–C) groups is 1. The fourth-order valence-corrected chi connectivity index (χ4v) is 3.72. The second-order valence-corrected chi connectivity index (χ2v) is 7.63. The lowest BCUT2D eigenvalue weighted by Gasteiger charge is -2.09. The van der Waals surface area contributed by atoms with Gasteiger partial charge in [0.05, 0.1) is 17.8 Å². The van der Waals surface area contributed by atoms with Crippen molar-refractivity contribution in [2.75, 3.05) is 12.4 Å². The number of ether oxygens (including phenoxy) is 1. The molecule has 1 heterocycles. The van der Waals surface area contributed by atoms with Gasteiger partial charge in [0.2, 0.25) is 11.8 Å². The van der Waals surface area contributed by atoms with Crippen molar-refractivity contribution in [2.24, 2.45) is 4.99 Å². The molecule has 2 aromatic rings. The molecule has 1 aliphatic heterocycles. The van der Waals surface area contributed by atoms with E-state index in [-0.39, 0.29) is 18.2 Å². The average Bonchev–Trinajstić information content (AvgIpc) is 2.96. The lowest BCUT2D eigenvalue weighted by molar-refractivity contribution is -0.122. The number of methoxy groups -OCH3 is 1. The van der Waals surface area contributed by atoms with Gasteiger partial charge in [-0.15, -0.1) is 0 Å². The first-order valence-electron chi connectivity index (χ1n) is 7.90. The molecule has 0 spiro atoms. The maximum absolute atomic E-state index is 12.2. The molecule has 2 amide bonds. The van der Waals surface area contributed by atoms with Gasteiger partial charge in [0, 0.05) is 17.1 Å². The molecule has 6 nitrogen and oxygen atoms in total. The normalized spacial score (nSPS) is 17.7. The molecule has 1 atom stereocenters. The highest BCUT2D eigenvalue weighted by Gasteiger charge is 2.32. The second-order valence-electron chi connectivity index (χ2n) is 5.59. The van der Waals surface area contributed by atoms with E-state index in [4.69, 9.17) is 27.9 Å². The van der Waals surface area contributed by atoms with Gasteiger partial charge in [0.15, 0.2) is 5.17 Å². The van der Waals surface area contributed by atoms with E-state index in [1.54, 1.807) is 42.5 Å². The molecular formula is C18H15Cl2N3O3S. The van der Waals surface area contributed by atoms with Gasteiger partial charge >= 0.3 is 0 Å². The number of amidine groups is 1. The molecule has 9 heteroatoms. The van der Waals surface area contributed by atoms with Crippen LogP contribution in [0.15, 0.2) is 47.5 Å². The van der Waals surface area contributed by atoms with Crippen LogP contribution in [0, 0.1) is 0 Å². The van der Waals surface area contributed by atoms with Crippen molar-refractivity contribution in [3.63, 3.8) is 0 Å². The van der Waals surface area contributed by atoms with Crippen LogP contribution in [0.4, 0.5) is 11.4 Å². The summed E-state index contributed by atoms with van der Waals surface area (Å²) in [7, 11) is 1.51. The first kappa shape index (κ1) is 19.5. The summed E-state index contributed by atoms with van der Waals surface area (Å²) in [6.45, 7) is 0. The van der Waals surface area contributed by atoms with Crippen molar-refractivity contribution in [1.29, 1.82) is 0 Å². The third kappa shape index (κ3) is 5.15. The monoisotopic (exact) mass is 423 g/mol. The first-order chi connectivity index (χ1) is 12.9. The summed E-state index contributed by atoms with van der Waals surface area (Å²) in [5.74, 6) is -0.0318. The van der Waals surface area contributed by atoms with Gasteiger partial charge in [0.1, 0.15) is 11.0 Å². The molecule has 0 saturated carbocycles. The molecule has 2 aromatic carbocycles. The largest absolute Gasteiger partial charge is 0.495 e. The van der Waals surface area contributed by atoms with Crippen molar-refractivity contribution >= 4 is 63.3 Å². The molecule has 3 rings (SSSR count). The van der Waals surface area contributed by atoms with Gasteiger partial charge in [-0.05, 0) is 42.5 Å². The van der Waals surface area contributed by atoms with Crippen LogP contribution in [0.3, 0.4) is 0 Å². The Hall–Kier alpha value is -2.22. The molecule has 1 unspecified atom stereocenters. The Bertz CT molecular complexity index is 903. The van der Waals surface area contributed by atoms with Gasteiger partial charge < -0.3 is 15.4 Å². The first-order valence-corrected chi connectivity index (χ1v) is 9.53. The highest BCUT2D eigenvalue weighted by atomic mass is 35.5. The summed E-state index contributed by atoms with van der Waals surface area (Å²) in [5, 5.41) is 6.31. The third-order valence-electron chi connectivity index (χ3n) is 3.64. The number of halogens is 2. The van der Waals surface area contributed by atoms with Crippen LogP contribution >= 0.6 is 35.0 Å². The number of anilines is 1. The lowest BCUT2D eigenvalue weighted by Crippen LogP contribution is -2.28. The zero-order valence-corrected chi connectivity index (χ0v) is 16.5. The molecule has 1 fully saturated rings. The van der Waals surface area contributed by atoms with Crippen LogP contribution in [-0.4, -0.2) is 29.3 Å². The zero-order chi connectivity index (χ0) is 19.4. The molecule has 0 aliphatic carbocycles. The minimum atomic E-state index is -0.551. The van der Waals surface area contributed by atoms with Crippen LogP contribution < -0.4 is 15.4 Å². The summed E-state index contributed by atoms with van der Waals surface area (Å²) >= 11 is 13.1. The summed E-state index contributed by atoms with van der Waals surface area (Å²) < 4.78 is 5.07. The highest BCUT2D eigenvalue weighted by molar-refractivity contribution is 8.15. The Morgan fingerprint density at radius 3 is 2.67 bits per heavy atom. The standard InChI is InChI=1S/C18H15Cl2N3O3S/c1-26-14-7-6-12(8-13(14)20)21-16(24)9-15-17(25)23-18(27-15)22-11-4-2-10(19)3-5-11/h2-8,15H,9H2,1H3,(H,21,24)(H,22,23,25). The minimum absolute atomic E-state index is 0.0137. The number of amides is 2. The number of hydrogen-bond donors (Lipinski definition) is 2. The van der Waals surface area contributed by atoms with E-state index in [2.05, 4.69) is 15.6 Å². The Morgan fingerprint density at radius 1 is 1.26 bits per heavy atom. The summed E-state index contributed by atoms with van der Waals surface area (Å²) in [4.78, 5) is 28.7. The van der Waals surface area contributed by atoms with E-state index in [9.17, 15) is 9.59 Å². The van der Waals surface area contributed by atoms with Gasteiger partial charge in [-0.25, -0.2) is 4.99 Å². The number of benzene rings is 2. The van der Waals surface area contributed by atoms with Gasteiger partial charge in [-0.2, -0.15) is 0 Å². The molecule has 140 valence electrons. The van der Waals surface area contributed by atoms with Crippen LogP contribution in [-0.2, 0) is 9.59 Å². The minimum Gasteiger partial charge on any atom is -0.495 e. The quantitative estimate of drug-likeness (QED) is 0.752. The van der Waals surface area contributed by atoms with E-state index in [1.165, 1.54) is 18.9 Å². The number of carbonyl (C=O) groups is 2. The highest BCUT2D eigenvalue weighted by Crippen LogP contribution is 2.29. The van der Waals surface area contributed by atoms with Crippen molar-refractivity contribution in [2.45, 2.75) is 11.7 Å². The summed E-state index contributed by atoms with van der Waals surface area (Å²) in [6.07, 6.45) is 0.0137. The van der Waals surface area contributed by atoms with Crippen molar-refractivity contribution in [1.82, 2.24) is 5.32 Å². The smallest absolute Gasteiger partial charge is 0.240 e. The van der Waals surface area contributed by atoms with Crippen molar-refractivity contribution in [3.8, 4) is 5.75 Å². The van der Waals surface area contributed by atoms with E-state index in [0.717, 1.165) is 0 Å². The Kier molecular flexibility index (Phi) is 6.26. The van der Waals surface area contributed by atoms with Crippen LogP contribution in [0.25, 0.3) is 0 Å². The van der Waals surface area contributed by atoms with Gasteiger partial charge in [-0.3, -0.25) is 9.59 Å². The Labute approximate surface area is 170 Å². The average molecular weight is 424 g/mol. The molecule has 2 N–H and O–H groups in total. The number of nitrogens with zero attached hydrogens (tertiary/aromatic N) is 1. The molecule has 27 heavy (non-hydrogen) atoms. The predicted molar refractivity (Wildman–Crippen MR) is 109 cm³/mol. The fourth-order valence-electron chi connectivity index (χ4n) is 2.35. The lowest BCUT2D eigenvalue weighted by atomic mass is 10.2. The zero-order valence-electron chi connectivity index (χ0n) is 14.2. The van der Waals surface area contributed by atoms with Gasteiger partial charge in [-0.1, -0.05) is 35.0 Å². The van der Waals surface area contributed by atoms with E-state index < -0.39 is 5.25 Å². The predicted octanol–water partition coefficient (Wildman–Crippen LogP) is 4.25. The van der Waals surface area contributed by atoms with Crippen molar-refractivity contribution in [3.05, 3.63) is 52.5 Å². The topological polar surface area (TPSA) is 79.8 Å². The molecule has 1 aliphatic rings. The van der Waals surface area contributed by atoms with E-state index in [1.807, 2.05) is 0 Å². The summed E-state index contributed by atoms with van der Waals surface area (Å²) in [6, 6.07) is 11.9. The SMILES string of the molecule is COc1ccc(NC(=O)CC2SC(=Nc3ccc(Cl)cc3)NC2=O)cc1Cl. The molecule has 0 aromatic heterocycles. The Balaban J connectivity index is 1.60. The maximum Gasteiger partial charge on any atom is 0.240 e. The molecule has 0 bridgehead atoms. The number of thioether (sulfide) groups is 1. The second kappa shape index (κ2) is 8.65. The number of rotatable bonds is 5. The molecule has 1 saturated heterocycles. The van der Waals surface area contributed by atoms with Crippen LogP contribution in [0.5, 0.6) is 5.75 Å². The van der Waals surface area contributed by atoms with E-state index >= 15 is 0 Å². The summed E-state index contributed by atoms with van der Waals surface area (Å²) in [5.41, 5.74) is 1.20. The molecule has 0 radical (unpaired) electrons. The number of hydrogen-bond acceptors (Lipinski definition) is 5. The number of nitrogens with one attached hydrogen (secondary N) is 2. The fraction of sp³-hybridized carbons (Fsp3) is 0.167. The van der Waals surface area contributed by atoms with Crippen LogP contribution in [0.2, 0.25) is 10.0 Å². The number of carbonyl (C=O) groups excluding carboxylic acids is 2. The third-order valence-corrected chi connectivity index (χ3v) is 5.27. The van der Waals surface area contributed by atoms with Gasteiger partial charge in [0.25, 0.3) is 0 Å². The van der Waals surface area contributed by atoms with Crippen LogP contribution in [0.1, 0.15) is 6.42 Å². The Morgan fingerprint density at radius 2 is 2.00 bits per heavy atom. The van der Waals surface area contributed by atoms with Crippen molar-refractivity contribution < 1.29 is 14.3 Å².